The van der Waals surface area contributed by atoms with Crippen LogP contribution in [-0.2, 0) is 9.53 Å². The molecule has 1 rings (SSSR count). The van der Waals surface area contributed by atoms with Crippen LogP contribution in [0.5, 0.6) is 11.5 Å². The predicted molar refractivity (Wildman–Crippen MR) is 97.1 cm³/mol. The first-order chi connectivity index (χ1) is 11.4. The molecule has 24 heavy (non-hydrogen) atoms. The lowest BCUT2D eigenvalue weighted by molar-refractivity contribution is -0.136. The van der Waals surface area contributed by atoms with Crippen LogP contribution in [0.3, 0.4) is 0 Å². The lowest BCUT2D eigenvalue weighted by Gasteiger charge is -2.03. The molecule has 4 nitrogen and oxygen atoms in total. The van der Waals surface area contributed by atoms with Crippen LogP contribution in [0, 0.1) is 0 Å². The van der Waals surface area contributed by atoms with Gasteiger partial charge in [-0.3, -0.25) is 0 Å². The summed E-state index contributed by atoms with van der Waals surface area (Å²) >= 11 is 0. The highest BCUT2D eigenvalue weighted by Gasteiger charge is 2.01. The van der Waals surface area contributed by atoms with Crippen LogP contribution in [0.1, 0.15) is 39.2 Å². The fraction of sp³-hybridized carbons (Fsp3) is 0.350. The normalized spacial score (nSPS) is 11.4. The number of allylic oxidation sites excluding steroid dienone is 3. The summed E-state index contributed by atoms with van der Waals surface area (Å²) in [6.07, 6.45) is 9.00. The number of methoxy groups -OCH3 is 1. The Hall–Kier alpha value is -2.49. The Bertz CT molecular complexity index is 635. The van der Waals surface area contributed by atoms with Crippen LogP contribution in [0.15, 0.2) is 47.6 Å². The molecule has 0 bridgehead atoms. The lowest BCUT2D eigenvalue weighted by atomic mass is 10.1. The van der Waals surface area contributed by atoms with E-state index >= 15 is 0 Å². The van der Waals surface area contributed by atoms with Crippen molar-refractivity contribution in [3.63, 3.8) is 0 Å². The summed E-state index contributed by atoms with van der Waals surface area (Å²) in [4.78, 5) is 11.7. The molecule has 0 fully saturated rings. The van der Waals surface area contributed by atoms with E-state index in [4.69, 9.17) is 9.47 Å². The molecule has 0 saturated heterocycles. The minimum Gasteiger partial charge on any atom is -0.504 e. The quantitative estimate of drug-likeness (QED) is 0.428. The largest absolute Gasteiger partial charge is 0.504 e. The maximum Gasteiger partial charge on any atom is 0.331 e. The third kappa shape index (κ3) is 7.68. The number of carbonyl (C=O) groups is 1. The Morgan fingerprint density at radius 1 is 1.21 bits per heavy atom. The van der Waals surface area contributed by atoms with Gasteiger partial charge in [-0.1, -0.05) is 23.3 Å². The third-order valence-corrected chi connectivity index (χ3v) is 3.36. The Morgan fingerprint density at radius 3 is 2.58 bits per heavy atom. The van der Waals surface area contributed by atoms with Crippen LogP contribution in [0.4, 0.5) is 0 Å². The second-order valence-electron chi connectivity index (χ2n) is 5.77. The number of rotatable bonds is 8. The molecule has 4 heteroatoms. The summed E-state index contributed by atoms with van der Waals surface area (Å²) in [5.74, 6) is 0.00467. The molecule has 0 aliphatic carbocycles. The summed E-state index contributed by atoms with van der Waals surface area (Å²) in [6, 6.07) is 4.91. The number of phenols is 1. The van der Waals surface area contributed by atoms with Crippen molar-refractivity contribution in [3.8, 4) is 11.5 Å². The summed E-state index contributed by atoms with van der Waals surface area (Å²) in [6.45, 7) is 6.45. The Kier molecular flexibility index (Phi) is 8.41. The molecule has 1 aromatic carbocycles. The van der Waals surface area contributed by atoms with Crippen molar-refractivity contribution in [2.75, 3.05) is 13.7 Å². The van der Waals surface area contributed by atoms with Gasteiger partial charge in [0.15, 0.2) is 11.5 Å². The average Bonchev–Trinajstić information content (AvgIpc) is 2.52. The smallest absolute Gasteiger partial charge is 0.331 e. The summed E-state index contributed by atoms with van der Waals surface area (Å²) in [5.41, 5.74) is 3.20. The lowest BCUT2D eigenvalue weighted by Crippen LogP contribution is -2.00. The van der Waals surface area contributed by atoms with E-state index in [0.29, 0.717) is 11.3 Å². The van der Waals surface area contributed by atoms with E-state index in [9.17, 15) is 9.90 Å². The highest BCUT2D eigenvalue weighted by Crippen LogP contribution is 2.26. The van der Waals surface area contributed by atoms with Gasteiger partial charge in [-0.15, -0.1) is 0 Å². The van der Waals surface area contributed by atoms with Crippen molar-refractivity contribution in [3.05, 3.63) is 53.1 Å². The number of phenolic OH excluding ortho intramolecular Hbond substituents is 1. The van der Waals surface area contributed by atoms with Gasteiger partial charge in [0, 0.05) is 6.08 Å². The van der Waals surface area contributed by atoms with Gasteiger partial charge in [-0.05, 0) is 63.5 Å². The van der Waals surface area contributed by atoms with E-state index < -0.39 is 5.97 Å². The van der Waals surface area contributed by atoms with E-state index in [1.807, 2.05) is 13.0 Å². The fourth-order valence-electron chi connectivity index (χ4n) is 1.98. The number of aromatic hydroxyl groups is 1. The first kappa shape index (κ1) is 19.6. The van der Waals surface area contributed by atoms with Crippen molar-refractivity contribution in [2.24, 2.45) is 0 Å². The molecule has 1 aromatic rings. The summed E-state index contributed by atoms with van der Waals surface area (Å²) in [5, 5.41) is 9.68. The Morgan fingerprint density at radius 2 is 1.96 bits per heavy atom. The van der Waals surface area contributed by atoms with Gasteiger partial charge in [0.25, 0.3) is 0 Å². The highest BCUT2D eigenvalue weighted by atomic mass is 16.5. The molecule has 0 aliphatic heterocycles. The predicted octanol–water partition coefficient (Wildman–Crippen LogP) is 4.65. The first-order valence-electron chi connectivity index (χ1n) is 7.93. The van der Waals surface area contributed by atoms with Crippen LogP contribution in [-0.4, -0.2) is 24.8 Å². The van der Waals surface area contributed by atoms with Crippen molar-refractivity contribution >= 4 is 12.0 Å². The van der Waals surface area contributed by atoms with E-state index in [2.05, 4.69) is 19.9 Å². The summed E-state index contributed by atoms with van der Waals surface area (Å²) in [7, 11) is 1.48. The van der Waals surface area contributed by atoms with Gasteiger partial charge in [0.05, 0.1) is 7.11 Å². The van der Waals surface area contributed by atoms with Gasteiger partial charge in [0.1, 0.15) is 6.61 Å². The maximum absolute atomic E-state index is 11.7. The molecule has 0 unspecified atom stereocenters. The minimum absolute atomic E-state index is 0.0305. The zero-order valence-corrected chi connectivity index (χ0v) is 14.8. The van der Waals surface area contributed by atoms with Crippen LogP contribution < -0.4 is 4.74 Å². The third-order valence-electron chi connectivity index (χ3n) is 3.36. The van der Waals surface area contributed by atoms with Gasteiger partial charge in [-0.25, -0.2) is 4.79 Å². The number of esters is 1. The van der Waals surface area contributed by atoms with E-state index in [0.717, 1.165) is 12.8 Å². The van der Waals surface area contributed by atoms with Crippen molar-refractivity contribution < 1.29 is 19.4 Å². The molecule has 0 aliphatic rings. The monoisotopic (exact) mass is 330 g/mol. The SMILES string of the molecule is COc1ccc(C=CC(=O)OCC=C(C)CCC=C(C)C)cc1O. The highest BCUT2D eigenvalue weighted by molar-refractivity contribution is 5.87. The number of ether oxygens (including phenoxy) is 2. The number of hydrogen-bond donors (Lipinski definition) is 1. The topological polar surface area (TPSA) is 55.8 Å². The Labute approximate surface area is 144 Å². The summed E-state index contributed by atoms with van der Waals surface area (Å²) < 4.78 is 10.1. The average molecular weight is 330 g/mol. The molecule has 0 heterocycles. The van der Waals surface area contributed by atoms with E-state index in [1.165, 1.54) is 30.4 Å². The molecule has 130 valence electrons. The molecule has 0 amide bonds. The maximum atomic E-state index is 11.7. The molecule has 0 atom stereocenters. The fourth-order valence-corrected chi connectivity index (χ4v) is 1.98. The second kappa shape index (κ2) is 10.3. The van der Waals surface area contributed by atoms with Gasteiger partial charge in [0.2, 0.25) is 0 Å². The van der Waals surface area contributed by atoms with Crippen molar-refractivity contribution in [1.82, 2.24) is 0 Å². The zero-order valence-electron chi connectivity index (χ0n) is 14.8. The molecular formula is C20H26O4. The van der Waals surface area contributed by atoms with Gasteiger partial charge < -0.3 is 14.6 Å². The molecular weight excluding hydrogens is 304 g/mol. The molecule has 0 spiro atoms. The molecule has 0 saturated carbocycles. The first-order valence-corrected chi connectivity index (χ1v) is 7.93. The number of benzene rings is 1. The molecule has 0 aromatic heterocycles. The van der Waals surface area contributed by atoms with Gasteiger partial charge in [-0.2, -0.15) is 0 Å². The van der Waals surface area contributed by atoms with Gasteiger partial charge >= 0.3 is 5.97 Å². The van der Waals surface area contributed by atoms with Crippen LogP contribution in [0.25, 0.3) is 6.08 Å². The Balaban J connectivity index is 2.43. The standard InChI is InChI=1S/C20H26O4/c1-15(2)6-5-7-16(3)12-13-24-20(22)11-9-17-8-10-19(23-4)18(21)14-17/h6,8-12,14,21H,5,7,13H2,1-4H3. The molecule has 0 radical (unpaired) electrons. The van der Waals surface area contributed by atoms with E-state index in [1.54, 1.807) is 18.2 Å². The number of hydrogen-bond acceptors (Lipinski definition) is 4. The van der Waals surface area contributed by atoms with Crippen LogP contribution >= 0.6 is 0 Å². The van der Waals surface area contributed by atoms with Crippen LogP contribution in [0.2, 0.25) is 0 Å². The minimum atomic E-state index is -0.418. The van der Waals surface area contributed by atoms with E-state index in [-0.39, 0.29) is 12.4 Å². The second-order valence-corrected chi connectivity index (χ2v) is 5.77. The zero-order chi connectivity index (χ0) is 17.9. The van der Waals surface area contributed by atoms with Crippen molar-refractivity contribution in [1.29, 1.82) is 0 Å². The molecule has 1 N–H and O–H groups in total. The number of carbonyl (C=O) groups excluding carboxylic acids is 1. The van der Waals surface area contributed by atoms with Crippen molar-refractivity contribution in [2.45, 2.75) is 33.6 Å².